The smallest absolute Gasteiger partial charge is 0.267 e. The molecule has 1 aliphatic heterocycles. The van der Waals surface area contributed by atoms with Gasteiger partial charge in [0.2, 0.25) is 10.0 Å². The van der Waals surface area contributed by atoms with Crippen LogP contribution in [0.5, 0.6) is 0 Å². The van der Waals surface area contributed by atoms with Gasteiger partial charge in [0.1, 0.15) is 5.82 Å². The number of rotatable bonds is 8. The van der Waals surface area contributed by atoms with Gasteiger partial charge >= 0.3 is 0 Å². The van der Waals surface area contributed by atoms with E-state index in [2.05, 4.69) is 41.4 Å². The molecule has 37 heavy (non-hydrogen) atoms. The van der Waals surface area contributed by atoms with Crippen LogP contribution in [0.2, 0.25) is 5.02 Å². The van der Waals surface area contributed by atoms with Gasteiger partial charge in [0.25, 0.3) is 5.91 Å². The predicted molar refractivity (Wildman–Crippen MR) is 144 cm³/mol. The average molecular weight is 548 g/mol. The van der Waals surface area contributed by atoms with Crippen LogP contribution in [0.1, 0.15) is 84.1 Å². The fourth-order valence-electron chi connectivity index (χ4n) is 5.57. The number of piperazine rings is 1. The number of sulfonamides is 1. The van der Waals surface area contributed by atoms with Crippen molar-refractivity contribution < 1.29 is 17.6 Å². The molecule has 6 nitrogen and oxygen atoms in total. The van der Waals surface area contributed by atoms with Crippen LogP contribution in [-0.4, -0.2) is 55.1 Å². The lowest BCUT2D eigenvalue weighted by atomic mass is 9.97. The molecule has 5 rings (SSSR count). The summed E-state index contributed by atoms with van der Waals surface area (Å²) in [6.07, 6.45) is 3.09. The number of amides is 1. The molecule has 2 saturated carbocycles. The highest BCUT2D eigenvalue weighted by Crippen LogP contribution is 2.43. The Labute approximate surface area is 224 Å². The fourth-order valence-corrected chi connectivity index (χ4v) is 7.16. The number of halogens is 2. The zero-order chi connectivity index (χ0) is 26.5. The summed E-state index contributed by atoms with van der Waals surface area (Å²) in [5, 5.41) is 0.220. The zero-order valence-electron chi connectivity index (χ0n) is 21.6. The van der Waals surface area contributed by atoms with Crippen molar-refractivity contribution in [3.8, 4) is 0 Å². The molecule has 3 aliphatic rings. The molecule has 0 radical (unpaired) electrons. The minimum atomic E-state index is -3.73. The van der Waals surface area contributed by atoms with Gasteiger partial charge in [-0.15, -0.1) is 0 Å². The predicted octanol–water partition coefficient (Wildman–Crippen LogP) is 5.15. The van der Waals surface area contributed by atoms with E-state index in [1.54, 1.807) is 6.07 Å². The first-order chi connectivity index (χ1) is 17.5. The van der Waals surface area contributed by atoms with E-state index in [0.29, 0.717) is 31.3 Å². The van der Waals surface area contributed by atoms with E-state index in [4.69, 9.17) is 11.6 Å². The summed E-state index contributed by atoms with van der Waals surface area (Å²) in [7, 11) is -3.73. The maximum Gasteiger partial charge on any atom is 0.267 e. The molecular weight excluding hydrogens is 513 g/mol. The highest BCUT2D eigenvalue weighted by Gasteiger charge is 2.38. The van der Waals surface area contributed by atoms with Gasteiger partial charge in [-0.1, -0.05) is 17.7 Å². The Morgan fingerprint density at radius 2 is 1.86 bits per heavy atom. The quantitative estimate of drug-likeness (QED) is 0.495. The Bertz CT molecular complexity index is 1290. The van der Waals surface area contributed by atoms with Crippen molar-refractivity contribution >= 4 is 27.5 Å². The Morgan fingerprint density at radius 3 is 2.49 bits per heavy atom. The summed E-state index contributed by atoms with van der Waals surface area (Å²) in [4.78, 5) is 17.5. The maximum atomic E-state index is 15.1. The van der Waals surface area contributed by atoms with Crippen LogP contribution in [0.3, 0.4) is 0 Å². The molecule has 0 unspecified atom stereocenters. The summed E-state index contributed by atoms with van der Waals surface area (Å²) in [6, 6.07) is 9.76. The normalized spacial score (nSPS) is 22.1. The zero-order valence-corrected chi connectivity index (χ0v) is 23.2. The Morgan fingerprint density at radius 1 is 1.14 bits per heavy atom. The summed E-state index contributed by atoms with van der Waals surface area (Å²) in [6.45, 7) is 9.67. The molecule has 1 heterocycles. The van der Waals surface area contributed by atoms with Gasteiger partial charge in [-0.3, -0.25) is 14.6 Å². The Hall–Kier alpha value is -2.00. The van der Waals surface area contributed by atoms with E-state index in [9.17, 15) is 13.2 Å². The van der Waals surface area contributed by atoms with E-state index >= 15 is 4.39 Å². The Balaban J connectivity index is 1.29. The Kier molecular flexibility index (Phi) is 7.39. The minimum absolute atomic E-state index is 0.182. The lowest BCUT2D eigenvalue weighted by Gasteiger charge is -2.43. The number of hydrogen-bond acceptors (Lipinski definition) is 5. The molecule has 9 heteroatoms. The lowest BCUT2D eigenvalue weighted by Crippen LogP contribution is -2.52. The van der Waals surface area contributed by atoms with Crippen LogP contribution < -0.4 is 4.72 Å². The van der Waals surface area contributed by atoms with E-state index < -0.39 is 27.0 Å². The molecule has 200 valence electrons. The van der Waals surface area contributed by atoms with Gasteiger partial charge in [0.15, 0.2) is 0 Å². The second-order valence-corrected chi connectivity index (χ2v) is 13.4. The lowest BCUT2D eigenvalue weighted by molar-refractivity contribution is 0.0503. The van der Waals surface area contributed by atoms with Gasteiger partial charge < -0.3 is 0 Å². The second kappa shape index (κ2) is 10.3. The fraction of sp³-hybridized carbons (Fsp3) is 0.536. The molecule has 2 aliphatic carbocycles. The minimum Gasteiger partial charge on any atom is -0.296 e. The molecule has 2 atom stereocenters. The van der Waals surface area contributed by atoms with Gasteiger partial charge in [-0.2, -0.15) is 0 Å². The number of aryl methyl sites for hydroxylation is 1. The van der Waals surface area contributed by atoms with Crippen LogP contribution in [0.15, 0.2) is 30.3 Å². The highest BCUT2D eigenvalue weighted by atomic mass is 35.5. The molecule has 0 aromatic heterocycles. The third-order valence-corrected chi connectivity index (χ3v) is 9.93. The summed E-state index contributed by atoms with van der Waals surface area (Å²) >= 11 is 6.31. The van der Waals surface area contributed by atoms with Crippen molar-refractivity contribution in [3.63, 3.8) is 0 Å². The molecule has 1 amide bonds. The summed E-state index contributed by atoms with van der Waals surface area (Å²) in [5.41, 5.74) is 4.03. The standard InChI is InChI=1S/C28H35ClFN3O3S/c1-17-10-21(12-23(29)11-17)19(3)33-9-8-32(15-18(33)2)16-22-13-27(30)26(14-25(22)20-4-5-20)28(34)31-37(35,36)24-6-7-24/h10-14,18-20,24H,4-9,15-16H2,1-3H3,(H,31,34)/t18-,19-/m1/s1. The summed E-state index contributed by atoms with van der Waals surface area (Å²) in [5.74, 6) is -1.24. The van der Waals surface area contributed by atoms with Crippen molar-refractivity contribution in [1.82, 2.24) is 14.5 Å². The first-order valence-electron chi connectivity index (χ1n) is 13.2. The molecule has 0 bridgehead atoms. The van der Waals surface area contributed by atoms with Crippen LogP contribution >= 0.6 is 11.6 Å². The van der Waals surface area contributed by atoms with Gasteiger partial charge in [0, 0.05) is 43.3 Å². The molecule has 1 saturated heterocycles. The van der Waals surface area contributed by atoms with E-state index in [0.717, 1.165) is 54.2 Å². The topological polar surface area (TPSA) is 69.7 Å². The third-order valence-electron chi connectivity index (χ3n) is 7.89. The average Bonchev–Trinajstić information content (AvgIpc) is 3.71. The monoisotopic (exact) mass is 547 g/mol. The van der Waals surface area contributed by atoms with Crippen molar-refractivity contribution in [1.29, 1.82) is 0 Å². The maximum absolute atomic E-state index is 15.1. The van der Waals surface area contributed by atoms with Crippen molar-refractivity contribution in [2.24, 2.45) is 0 Å². The van der Waals surface area contributed by atoms with Gasteiger partial charge in [-0.25, -0.2) is 17.5 Å². The van der Waals surface area contributed by atoms with E-state index in [1.165, 1.54) is 11.6 Å². The van der Waals surface area contributed by atoms with Crippen LogP contribution in [0, 0.1) is 12.7 Å². The molecule has 2 aromatic carbocycles. The van der Waals surface area contributed by atoms with Crippen LogP contribution in [0.25, 0.3) is 0 Å². The number of carbonyl (C=O) groups excluding carboxylic acids is 1. The first-order valence-corrected chi connectivity index (χ1v) is 15.1. The molecule has 2 aromatic rings. The number of nitrogens with zero attached hydrogens (tertiary/aromatic N) is 2. The van der Waals surface area contributed by atoms with Crippen molar-refractivity contribution in [2.45, 2.75) is 76.3 Å². The second-order valence-electron chi connectivity index (χ2n) is 11.0. The molecule has 0 spiro atoms. The molecular formula is C28H35ClFN3O3S. The highest BCUT2D eigenvalue weighted by molar-refractivity contribution is 7.91. The van der Waals surface area contributed by atoms with E-state index in [-0.39, 0.29) is 11.6 Å². The third kappa shape index (κ3) is 6.03. The largest absolute Gasteiger partial charge is 0.296 e. The molecule has 3 fully saturated rings. The summed E-state index contributed by atoms with van der Waals surface area (Å²) < 4.78 is 41.6. The van der Waals surface area contributed by atoms with E-state index in [1.807, 2.05) is 12.1 Å². The number of nitrogens with one attached hydrogen (secondary N) is 1. The van der Waals surface area contributed by atoms with Gasteiger partial charge in [-0.05, 0) is 98.9 Å². The first kappa shape index (κ1) is 26.6. The number of hydrogen-bond donors (Lipinski definition) is 1. The van der Waals surface area contributed by atoms with Gasteiger partial charge in [0.05, 0.1) is 10.8 Å². The van der Waals surface area contributed by atoms with Crippen molar-refractivity contribution in [2.75, 3.05) is 19.6 Å². The van der Waals surface area contributed by atoms with Crippen LogP contribution in [-0.2, 0) is 16.6 Å². The van der Waals surface area contributed by atoms with Crippen LogP contribution in [0.4, 0.5) is 4.39 Å². The number of carbonyl (C=O) groups is 1. The SMILES string of the molecule is Cc1cc(Cl)cc([C@@H](C)N2CCN(Cc3cc(F)c(C(=O)NS(=O)(=O)C4CC4)cc3C3CC3)C[C@H]2C)c1. The molecule has 1 N–H and O–H groups in total. The number of benzene rings is 2. The van der Waals surface area contributed by atoms with Crippen molar-refractivity contribution in [3.05, 3.63) is 69.0 Å².